The Morgan fingerprint density at radius 1 is 1.58 bits per heavy atom. The van der Waals surface area contributed by atoms with Gasteiger partial charge in [-0.15, -0.1) is 17.5 Å². The lowest BCUT2D eigenvalue weighted by Crippen LogP contribution is -2.11. The van der Waals surface area contributed by atoms with Crippen molar-refractivity contribution in [3.63, 3.8) is 0 Å². The number of nitrogens with zero attached hydrogens (tertiary/aromatic N) is 3. The van der Waals surface area contributed by atoms with E-state index in [1.807, 2.05) is 0 Å². The van der Waals surface area contributed by atoms with E-state index in [1.165, 1.54) is 0 Å². The summed E-state index contributed by atoms with van der Waals surface area (Å²) in [6.07, 6.45) is 3.20. The van der Waals surface area contributed by atoms with E-state index in [-0.39, 0.29) is 18.4 Å². The topological polar surface area (TPSA) is 80.5 Å². The van der Waals surface area contributed by atoms with E-state index in [0.717, 1.165) is 19.3 Å². The van der Waals surface area contributed by atoms with Crippen molar-refractivity contribution in [2.75, 3.05) is 0 Å². The Bertz CT molecular complexity index is 188. The molecule has 1 heterocycles. The standard InChI is InChI=1S/C6H13N5.ClH/c1-2-3-4-5(7)6-8-10-11-9-6;/h5H,2-4,7H2,1H3,(H,8,9,10,11);1H/t5-;/m1./s1. The lowest BCUT2D eigenvalue weighted by Gasteiger charge is -2.04. The second-order valence-electron chi connectivity index (χ2n) is 2.54. The number of aromatic amines is 1. The Morgan fingerprint density at radius 3 is 2.83 bits per heavy atom. The van der Waals surface area contributed by atoms with Crippen LogP contribution in [0, 0.1) is 0 Å². The van der Waals surface area contributed by atoms with Gasteiger partial charge in [-0.25, -0.2) is 5.10 Å². The first-order valence-corrected chi connectivity index (χ1v) is 3.83. The van der Waals surface area contributed by atoms with Crippen molar-refractivity contribution in [3.05, 3.63) is 5.82 Å². The number of nitrogens with one attached hydrogen (secondary N) is 1. The summed E-state index contributed by atoms with van der Waals surface area (Å²) in [6, 6.07) is -0.0371. The molecule has 0 aromatic carbocycles. The molecule has 12 heavy (non-hydrogen) atoms. The van der Waals surface area contributed by atoms with E-state index in [1.54, 1.807) is 0 Å². The lowest BCUT2D eigenvalue weighted by atomic mass is 10.1. The predicted octanol–water partition coefficient (Wildman–Crippen LogP) is 0.811. The highest BCUT2D eigenvalue weighted by Gasteiger charge is 2.07. The van der Waals surface area contributed by atoms with Gasteiger partial charge in [0.15, 0.2) is 5.82 Å². The van der Waals surface area contributed by atoms with Crippen molar-refractivity contribution in [3.8, 4) is 0 Å². The van der Waals surface area contributed by atoms with Crippen LogP contribution in [0.5, 0.6) is 0 Å². The minimum Gasteiger partial charge on any atom is -0.321 e. The maximum absolute atomic E-state index is 5.75. The van der Waals surface area contributed by atoms with Crippen molar-refractivity contribution in [1.82, 2.24) is 20.6 Å². The highest BCUT2D eigenvalue weighted by molar-refractivity contribution is 5.85. The van der Waals surface area contributed by atoms with Crippen molar-refractivity contribution in [1.29, 1.82) is 0 Å². The number of unbranched alkanes of at least 4 members (excludes halogenated alkanes) is 1. The van der Waals surface area contributed by atoms with Crippen LogP contribution in [-0.2, 0) is 0 Å². The number of hydrogen-bond acceptors (Lipinski definition) is 4. The Kier molecular flexibility index (Phi) is 5.57. The smallest absolute Gasteiger partial charge is 0.165 e. The van der Waals surface area contributed by atoms with Crippen LogP contribution < -0.4 is 5.73 Å². The number of nitrogens with two attached hydrogens (primary N) is 1. The van der Waals surface area contributed by atoms with Crippen molar-refractivity contribution in [2.24, 2.45) is 5.73 Å². The number of halogens is 1. The molecule has 0 saturated heterocycles. The van der Waals surface area contributed by atoms with Crippen LogP contribution in [0.3, 0.4) is 0 Å². The third kappa shape index (κ3) is 3.15. The summed E-state index contributed by atoms with van der Waals surface area (Å²) in [5.74, 6) is 0.679. The van der Waals surface area contributed by atoms with Gasteiger partial charge in [0.25, 0.3) is 0 Å². The molecule has 0 radical (unpaired) electrons. The maximum atomic E-state index is 5.75. The van der Waals surface area contributed by atoms with Gasteiger partial charge in [-0.2, -0.15) is 0 Å². The van der Waals surface area contributed by atoms with E-state index < -0.39 is 0 Å². The molecule has 0 amide bonds. The third-order valence-electron chi connectivity index (χ3n) is 1.58. The summed E-state index contributed by atoms with van der Waals surface area (Å²) >= 11 is 0. The fraction of sp³-hybridized carbons (Fsp3) is 0.833. The molecule has 3 N–H and O–H groups in total. The summed E-state index contributed by atoms with van der Waals surface area (Å²) in [5.41, 5.74) is 5.75. The first-order chi connectivity index (χ1) is 5.34. The molecular formula is C6H14ClN5. The largest absolute Gasteiger partial charge is 0.321 e. The molecule has 0 bridgehead atoms. The normalized spacial score (nSPS) is 12.2. The monoisotopic (exact) mass is 191 g/mol. The van der Waals surface area contributed by atoms with Gasteiger partial charge in [0.2, 0.25) is 0 Å². The van der Waals surface area contributed by atoms with Gasteiger partial charge in [0, 0.05) is 0 Å². The highest BCUT2D eigenvalue weighted by atomic mass is 35.5. The summed E-state index contributed by atoms with van der Waals surface area (Å²) < 4.78 is 0. The number of aromatic nitrogens is 4. The fourth-order valence-electron chi connectivity index (χ4n) is 0.884. The first kappa shape index (κ1) is 11.3. The van der Waals surface area contributed by atoms with Crippen LogP contribution in [0.15, 0.2) is 0 Å². The third-order valence-corrected chi connectivity index (χ3v) is 1.58. The molecule has 1 aromatic heterocycles. The van der Waals surface area contributed by atoms with Gasteiger partial charge in [-0.05, 0) is 16.8 Å². The zero-order valence-electron chi connectivity index (χ0n) is 7.03. The molecule has 0 aliphatic carbocycles. The van der Waals surface area contributed by atoms with Crippen LogP contribution in [0.4, 0.5) is 0 Å². The minimum atomic E-state index is -0.0371. The molecule has 70 valence electrons. The van der Waals surface area contributed by atoms with Crippen LogP contribution in [0.2, 0.25) is 0 Å². The molecule has 0 unspecified atom stereocenters. The van der Waals surface area contributed by atoms with E-state index in [9.17, 15) is 0 Å². The van der Waals surface area contributed by atoms with E-state index in [2.05, 4.69) is 27.5 Å². The van der Waals surface area contributed by atoms with Crippen molar-refractivity contribution in [2.45, 2.75) is 32.2 Å². The Balaban J connectivity index is 0.00000121. The molecule has 1 aromatic rings. The lowest BCUT2D eigenvalue weighted by molar-refractivity contribution is 0.575. The Hall–Kier alpha value is -0.680. The van der Waals surface area contributed by atoms with Crippen LogP contribution in [-0.4, -0.2) is 20.6 Å². The predicted molar refractivity (Wildman–Crippen MR) is 47.9 cm³/mol. The van der Waals surface area contributed by atoms with E-state index in [0.29, 0.717) is 5.82 Å². The van der Waals surface area contributed by atoms with Gasteiger partial charge in [-0.1, -0.05) is 19.8 Å². The molecule has 0 saturated carbocycles. The Morgan fingerprint density at radius 2 is 2.33 bits per heavy atom. The molecular weight excluding hydrogens is 178 g/mol. The summed E-state index contributed by atoms with van der Waals surface area (Å²) in [7, 11) is 0. The SMILES string of the molecule is CCCC[C@@H](N)c1nnn[nH]1.Cl. The molecule has 1 rings (SSSR count). The van der Waals surface area contributed by atoms with Gasteiger partial charge in [-0.3, -0.25) is 0 Å². The quantitative estimate of drug-likeness (QED) is 0.738. The molecule has 0 aliphatic heterocycles. The molecule has 0 aliphatic rings. The van der Waals surface area contributed by atoms with Crippen molar-refractivity contribution < 1.29 is 0 Å². The maximum Gasteiger partial charge on any atom is 0.165 e. The highest BCUT2D eigenvalue weighted by Crippen LogP contribution is 2.10. The Labute approximate surface area is 77.5 Å². The fourth-order valence-corrected chi connectivity index (χ4v) is 0.884. The average Bonchev–Trinajstić information content (AvgIpc) is 2.52. The summed E-state index contributed by atoms with van der Waals surface area (Å²) in [4.78, 5) is 0. The molecule has 0 fully saturated rings. The average molecular weight is 192 g/mol. The van der Waals surface area contributed by atoms with Gasteiger partial charge < -0.3 is 5.73 Å². The second-order valence-corrected chi connectivity index (χ2v) is 2.54. The van der Waals surface area contributed by atoms with Gasteiger partial charge in [0.1, 0.15) is 0 Å². The van der Waals surface area contributed by atoms with Gasteiger partial charge in [0.05, 0.1) is 6.04 Å². The first-order valence-electron chi connectivity index (χ1n) is 3.83. The molecule has 5 nitrogen and oxygen atoms in total. The second kappa shape index (κ2) is 5.91. The minimum absolute atomic E-state index is 0. The van der Waals surface area contributed by atoms with Crippen LogP contribution in [0.1, 0.15) is 38.1 Å². The summed E-state index contributed by atoms with van der Waals surface area (Å²) in [6.45, 7) is 2.13. The zero-order chi connectivity index (χ0) is 8.10. The van der Waals surface area contributed by atoms with Crippen LogP contribution >= 0.6 is 12.4 Å². The van der Waals surface area contributed by atoms with E-state index >= 15 is 0 Å². The van der Waals surface area contributed by atoms with Crippen LogP contribution in [0.25, 0.3) is 0 Å². The van der Waals surface area contributed by atoms with Crippen molar-refractivity contribution >= 4 is 12.4 Å². The number of tetrazole rings is 1. The molecule has 1 atom stereocenters. The number of rotatable bonds is 4. The van der Waals surface area contributed by atoms with Gasteiger partial charge >= 0.3 is 0 Å². The molecule has 6 heteroatoms. The number of H-pyrrole nitrogens is 1. The summed E-state index contributed by atoms with van der Waals surface area (Å²) in [5, 5.41) is 13.3. The zero-order valence-corrected chi connectivity index (χ0v) is 7.84. The number of hydrogen-bond donors (Lipinski definition) is 2. The molecule has 0 spiro atoms. The van der Waals surface area contributed by atoms with E-state index in [4.69, 9.17) is 5.73 Å².